The summed E-state index contributed by atoms with van der Waals surface area (Å²) in [6.07, 6.45) is 0. The minimum Gasteiger partial charge on any atom is -1.00 e. The predicted octanol–water partition coefficient (Wildman–Crippen LogP) is 1.44. The van der Waals surface area contributed by atoms with E-state index >= 15 is 0 Å². The van der Waals surface area contributed by atoms with Crippen molar-refractivity contribution in [3.8, 4) is 11.5 Å². The Morgan fingerprint density at radius 1 is 0.755 bits per heavy atom. The van der Waals surface area contributed by atoms with Crippen molar-refractivity contribution in [2.24, 2.45) is 0 Å². The number of carboxylic acids is 1. The summed E-state index contributed by atoms with van der Waals surface area (Å²) < 4.78 is 56.4. The van der Waals surface area contributed by atoms with Crippen molar-refractivity contribution < 1.29 is 54.1 Å². The normalized spacial score (nSPS) is 13.8. The molecule has 49 heavy (non-hydrogen) atoms. The van der Waals surface area contributed by atoms with Crippen molar-refractivity contribution >= 4 is 42.7 Å². The number of aliphatic hydroxyl groups excluding tert-OH is 2. The lowest BCUT2D eigenvalue weighted by molar-refractivity contribution is -0.0000325. The molecular formula is C35H38ClN2O9S2-. The van der Waals surface area contributed by atoms with Gasteiger partial charge in [0.2, 0.25) is 0 Å². The van der Waals surface area contributed by atoms with Crippen molar-refractivity contribution in [3.63, 3.8) is 0 Å². The first-order valence-electron chi connectivity index (χ1n) is 15.4. The van der Waals surface area contributed by atoms with E-state index in [2.05, 4.69) is 0 Å². The van der Waals surface area contributed by atoms with E-state index in [0.717, 1.165) is 11.1 Å². The molecule has 0 bridgehead atoms. The van der Waals surface area contributed by atoms with Crippen molar-refractivity contribution in [2.75, 3.05) is 60.4 Å². The first-order valence-corrected chi connectivity index (χ1v) is 18.9. The quantitative estimate of drug-likeness (QED) is 0.152. The molecule has 0 aliphatic carbocycles. The Morgan fingerprint density at radius 3 is 2.00 bits per heavy atom. The van der Waals surface area contributed by atoms with Gasteiger partial charge < -0.3 is 42.3 Å². The van der Waals surface area contributed by atoms with E-state index in [4.69, 9.17) is 9.84 Å². The van der Waals surface area contributed by atoms with Gasteiger partial charge in [-0.2, -0.15) is 0 Å². The second-order valence-corrected chi connectivity index (χ2v) is 15.9. The van der Waals surface area contributed by atoms with Gasteiger partial charge in [0.05, 0.1) is 40.9 Å². The number of ether oxygens (including phenoxy) is 1. The number of aliphatic hydroxyl groups is 2. The zero-order valence-electron chi connectivity index (χ0n) is 27.0. The summed E-state index contributed by atoms with van der Waals surface area (Å²) in [6, 6.07) is 24.4. The van der Waals surface area contributed by atoms with Crippen LogP contribution in [0, 0.1) is 0 Å². The molecule has 1 aliphatic heterocycles. The smallest absolute Gasteiger partial charge is 0.335 e. The Bertz CT molecular complexity index is 2040. The van der Waals surface area contributed by atoms with E-state index in [-0.39, 0.29) is 46.7 Å². The minimum absolute atomic E-state index is 0. The summed E-state index contributed by atoms with van der Waals surface area (Å²) in [5, 5.41) is 28.4. The average Bonchev–Trinajstić information content (AvgIpc) is 3.06. The zero-order valence-corrected chi connectivity index (χ0v) is 29.4. The maximum atomic E-state index is 12.7. The highest BCUT2D eigenvalue weighted by Crippen LogP contribution is 2.50. The van der Waals surface area contributed by atoms with E-state index in [9.17, 15) is 31.8 Å². The number of benzene rings is 4. The standard InChI is InChI=1S/C35H38N2O9S2.ClH/c1-3-37(25-7-6-8-27(21-25)48(44,45)20-17-39)26-12-14-31-33(23-26)46-32-22-24(36(2)15-18-47(42,43)19-16-38)11-13-30(32)34(31)28-9-4-5-10-29(28)35(40)41;/h4-14,21-23,34,38-39H,3,15-20H2,1-2H3,(H,40,41);1H/p-1. The highest BCUT2D eigenvalue weighted by atomic mass is 35.5. The molecule has 1 aliphatic rings. The second kappa shape index (κ2) is 15.6. The number of halogens is 1. The van der Waals surface area contributed by atoms with E-state index in [1.165, 1.54) is 6.07 Å². The number of anilines is 3. The van der Waals surface area contributed by atoms with Crippen LogP contribution in [0.25, 0.3) is 0 Å². The second-order valence-electron chi connectivity index (χ2n) is 11.5. The SMILES string of the molecule is CCN(c1cccc(S(=O)(=O)CCO)c1)c1ccc2c(c1)Oc1cc(N(C)CCS(=O)(=O)CCO)ccc1C2c1ccccc1C(=O)O.[Cl-]. The maximum Gasteiger partial charge on any atom is 0.335 e. The van der Waals surface area contributed by atoms with Crippen LogP contribution in [0.1, 0.15) is 39.9 Å². The van der Waals surface area contributed by atoms with Crippen molar-refractivity contribution in [1.29, 1.82) is 0 Å². The molecule has 262 valence electrons. The zero-order chi connectivity index (χ0) is 34.6. The molecule has 3 N–H and O–H groups in total. The number of fused-ring (bicyclic) bond motifs is 2. The van der Waals surface area contributed by atoms with Crippen molar-refractivity contribution in [1.82, 2.24) is 0 Å². The molecule has 0 saturated heterocycles. The molecular weight excluding hydrogens is 692 g/mol. The average molecular weight is 730 g/mol. The van der Waals surface area contributed by atoms with Crippen LogP contribution in [-0.4, -0.2) is 88.7 Å². The number of carbonyl (C=O) groups is 1. The molecule has 1 unspecified atom stereocenters. The van der Waals surface area contributed by atoms with Gasteiger partial charge in [-0.3, -0.25) is 0 Å². The number of sulfone groups is 2. The summed E-state index contributed by atoms with van der Waals surface area (Å²) in [5.74, 6) is -1.44. The monoisotopic (exact) mass is 729 g/mol. The first-order chi connectivity index (χ1) is 22.9. The van der Waals surface area contributed by atoms with Gasteiger partial charge in [-0.15, -0.1) is 0 Å². The first kappa shape index (κ1) is 37.7. The van der Waals surface area contributed by atoms with Crippen LogP contribution < -0.4 is 26.9 Å². The highest BCUT2D eigenvalue weighted by molar-refractivity contribution is 7.91. The molecule has 0 saturated carbocycles. The Balaban J connectivity index is 0.00000541. The molecule has 14 heteroatoms. The third kappa shape index (κ3) is 8.19. The van der Waals surface area contributed by atoms with Gasteiger partial charge >= 0.3 is 5.97 Å². The molecule has 0 aromatic heterocycles. The highest BCUT2D eigenvalue weighted by Gasteiger charge is 2.32. The fourth-order valence-electron chi connectivity index (χ4n) is 5.91. The van der Waals surface area contributed by atoms with Crippen LogP contribution in [0.3, 0.4) is 0 Å². The number of carboxylic acid groups (broad SMARTS) is 1. The molecule has 4 aromatic rings. The Morgan fingerprint density at radius 2 is 1.37 bits per heavy atom. The van der Waals surface area contributed by atoms with Crippen LogP contribution in [0.2, 0.25) is 0 Å². The lowest BCUT2D eigenvalue weighted by atomic mass is 9.80. The van der Waals surface area contributed by atoms with Gasteiger partial charge in [0.15, 0.2) is 19.7 Å². The molecule has 0 fully saturated rings. The summed E-state index contributed by atoms with van der Waals surface area (Å²) in [5.41, 5.74) is 4.23. The van der Waals surface area contributed by atoms with Gasteiger partial charge in [0, 0.05) is 66.4 Å². The van der Waals surface area contributed by atoms with Gasteiger partial charge in [-0.25, -0.2) is 21.6 Å². The number of hydrogen-bond acceptors (Lipinski definition) is 10. The van der Waals surface area contributed by atoms with E-state index in [0.29, 0.717) is 40.7 Å². The Labute approximate surface area is 292 Å². The van der Waals surface area contributed by atoms with Crippen molar-refractivity contribution in [2.45, 2.75) is 17.7 Å². The van der Waals surface area contributed by atoms with E-state index < -0.39 is 44.8 Å². The number of nitrogens with zero attached hydrogens (tertiary/aromatic N) is 2. The lowest BCUT2D eigenvalue weighted by Crippen LogP contribution is -3.00. The van der Waals surface area contributed by atoms with Crippen molar-refractivity contribution in [3.05, 3.63) is 107 Å². The molecule has 0 amide bonds. The van der Waals surface area contributed by atoms with Crippen LogP contribution >= 0.6 is 0 Å². The lowest BCUT2D eigenvalue weighted by Gasteiger charge is -2.32. The van der Waals surface area contributed by atoms with E-state index in [1.54, 1.807) is 60.5 Å². The number of aromatic carboxylic acids is 1. The molecule has 1 atom stereocenters. The Hall–Kier alpha value is -4.14. The molecule has 5 rings (SSSR count). The molecule has 4 aromatic carbocycles. The Kier molecular flexibility index (Phi) is 12.0. The topological polar surface area (TPSA) is 162 Å². The van der Waals surface area contributed by atoms with E-state index in [1.807, 2.05) is 42.2 Å². The molecule has 1 heterocycles. The summed E-state index contributed by atoms with van der Waals surface area (Å²) in [7, 11) is -5.35. The number of rotatable bonds is 14. The summed E-state index contributed by atoms with van der Waals surface area (Å²) >= 11 is 0. The fraction of sp³-hybridized carbons (Fsp3) is 0.286. The molecule has 0 radical (unpaired) electrons. The van der Waals surface area contributed by atoms with Gasteiger partial charge in [-0.1, -0.05) is 36.4 Å². The van der Waals surface area contributed by atoms with Gasteiger partial charge in [0.1, 0.15) is 11.5 Å². The third-order valence-electron chi connectivity index (χ3n) is 8.40. The van der Waals surface area contributed by atoms with Crippen LogP contribution in [0.15, 0.2) is 89.8 Å². The molecule has 11 nitrogen and oxygen atoms in total. The van der Waals surface area contributed by atoms with Crippen LogP contribution in [-0.2, 0) is 19.7 Å². The largest absolute Gasteiger partial charge is 1.00 e. The van der Waals surface area contributed by atoms with Gasteiger partial charge in [-0.05, 0) is 48.9 Å². The predicted molar refractivity (Wildman–Crippen MR) is 185 cm³/mol. The van der Waals surface area contributed by atoms with Crippen LogP contribution in [0.4, 0.5) is 17.1 Å². The minimum atomic E-state index is -3.68. The van der Waals surface area contributed by atoms with Gasteiger partial charge in [0.25, 0.3) is 0 Å². The molecule has 0 spiro atoms. The summed E-state index contributed by atoms with van der Waals surface area (Å²) in [4.78, 5) is 16.1. The number of hydrogen-bond donors (Lipinski definition) is 3. The third-order valence-corrected chi connectivity index (χ3v) is 11.7. The maximum absolute atomic E-state index is 12.7. The van der Waals surface area contributed by atoms with Crippen LogP contribution in [0.5, 0.6) is 11.5 Å². The summed E-state index contributed by atoms with van der Waals surface area (Å²) in [6.45, 7) is 1.67. The fourth-order valence-corrected chi connectivity index (χ4v) is 8.01.